The molecule has 0 saturated heterocycles. The predicted octanol–water partition coefficient (Wildman–Crippen LogP) is 5.65. The molecule has 1 aromatic rings. The van der Waals surface area contributed by atoms with Crippen LogP contribution < -0.4 is 4.74 Å². The van der Waals surface area contributed by atoms with Crippen molar-refractivity contribution in [3.63, 3.8) is 0 Å². The summed E-state index contributed by atoms with van der Waals surface area (Å²) in [7, 11) is 1.32. The Labute approximate surface area is 211 Å². The number of rotatable bonds is 15. The minimum atomic E-state index is -0.829. The molecule has 0 spiro atoms. The molecule has 35 heavy (non-hydrogen) atoms. The van der Waals surface area contributed by atoms with Crippen molar-refractivity contribution >= 4 is 5.97 Å². The standard InChI is InChI=1S/C29H44O6/c1-8-29(6,35-26-15-14-24(30)18-23(26)19-27(32)34-7)16-10-12-21(4)11-9-13-22(5)28(33)25(31)17-20(2)3/h8,12,14-15,17-18,22,25,28,30-31,33H,1,9-11,13,16,19H2,2-7H3/t22-,25-,28-,29-/m0/s1. The summed E-state index contributed by atoms with van der Waals surface area (Å²) in [6.07, 6.45) is 8.22. The average Bonchev–Trinajstić information content (AvgIpc) is 2.79. The molecular formula is C29H44O6. The van der Waals surface area contributed by atoms with Gasteiger partial charge >= 0.3 is 5.97 Å². The Hall–Kier alpha value is -2.57. The quantitative estimate of drug-likeness (QED) is 0.218. The smallest absolute Gasteiger partial charge is 0.310 e. The van der Waals surface area contributed by atoms with Crippen molar-refractivity contribution in [1.29, 1.82) is 0 Å². The third-order valence-corrected chi connectivity index (χ3v) is 6.18. The number of carbonyl (C=O) groups excluding carboxylic acids is 1. The number of aliphatic hydroxyl groups excluding tert-OH is 2. The Morgan fingerprint density at radius 1 is 1.23 bits per heavy atom. The lowest BCUT2D eigenvalue weighted by Gasteiger charge is -2.28. The molecule has 0 saturated carbocycles. The number of allylic oxidation sites excluding steroid dienone is 3. The molecule has 4 atom stereocenters. The van der Waals surface area contributed by atoms with E-state index in [1.165, 1.54) is 24.8 Å². The highest BCUT2D eigenvalue weighted by Crippen LogP contribution is 2.30. The maximum Gasteiger partial charge on any atom is 0.310 e. The number of benzene rings is 1. The van der Waals surface area contributed by atoms with Crippen LogP contribution in [0.2, 0.25) is 0 Å². The Balaban J connectivity index is 2.64. The van der Waals surface area contributed by atoms with E-state index < -0.39 is 23.8 Å². The first-order valence-corrected chi connectivity index (χ1v) is 12.3. The van der Waals surface area contributed by atoms with Crippen LogP contribution in [-0.4, -0.2) is 46.2 Å². The summed E-state index contributed by atoms with van der Waals surface area (Å²) in [4.78, 5) is 11.8. The number of ether oxygens (including phenoxy) is 2. The highest BCUT2D eigenvalue weighted by Gasteiger charge is 2.24. The van der Waals surface area contributed by atoms with Crippen molar-refractivity contribution in [3.8, 4) is 11.5 Å². The van der Waals surface area contributed by atoms with Crippen LogP contribution in [-0.2, 0) is 16.0 Å². The SMILES string of the molecule is C=C[C@@](C)(CCC=C(C)CCC[C@H](C)[C@H](O)[C@@H](O)C=C(C)C)Oc1ccc(O)cc1CC(=O)OC. The Bertz CT molecular complexity index is 883. The first-order valence-electron chi connectivity index (χ1n) is 12.3. The second-order valence-electron chi connectivity index (χ2n) is 9.85. The summed E-state index contributed by atoms with van der Waals surface area (Å²) in [6.45, 7) is 13.8. The fourth-order valence-corrected chi connectivity index (χ4v) is 3.83. The zero-order valence-corrected chi connectivity index (χ0v) is 22.2. The van der Waals surface area contributed by atoms with Crippen LogP contribution in [0, 0.1) is 5.92 Å². The van der Waals surface area contributed by atoms with Gasteiger partial charge in [-0.3, -0.25) is 4.79 Å². The number of phenolic OH excluding ortho intramolecular Hbond substituents is 1. The van der Waals surface area contributed by atoms with Crippen LogP contribution in [0.1, 0.15) is 72.3 Å². The number of esters is 1. The van der Waals surface area contributed by atoms with Crippen LogP contribution >= 0.6 is 0 Å². The zero-order chi connectivity index (χ0) is 26.6. The molecule has 0 heterocycles. The van der Waals surface area contributed by atoms with E-state index in [1.807, 2.05) is 27.7 Å². The molecule has 0 radical (unpaired) electrons. The van der Waals surface area contributed by atoms with E-state index in [9.17, 15) is 20.1 Å². The van der Waals surface area contributed by atoms with E-state index >= 15 is 0 Å². The monoisotopic (exact) mass is 488 g/mol. The predicted molar refractivity (Wildman–Crippen MR) is 141 cm³/mol. The summed E-state index contributed by atoms with van der Waals surface area (Å²) in [6, 6.07) is 4.69. The molecule has 0 aromatic heterocycles. The van der Waals surface area contributed by atoms with Gasteiger partial charge in [-0.1, -0.05) is 36.8 Å². The molecule has 6 heteroatoms. The van der Waals surface area contributed by atoms with E-state index in [-0.39, 0.29) is 18.1 Å². The highest BCUT2D eigenvalue weighted by atomic mass is 16.5. The van der Waals surface area contributed by atoms with E-state index in [0.29, 0.717) is 17.7 Å². The van der Waals surface area contributed by atoms with Gasteiger partial charge in [0.05, 0.1) is 25.7 Å². The maximum absolute atomic E-state index is 11.8. The van der Waals surface area contributed by atoms with Gasteiger partial charge in [0.1, 0.15) is 17.1 Å². The van der Waals surface area contributed by atoms with Crippen molar-refractivity contribution in [3.05, 3.63) is 59.7 Å². The molecule has 1 aromatic carbocycles. The molecule has 0 aliphatic carbocycles. The summed E-state index contributed by atoms with van der Waals surface area (Å²) in [5.74, 6) is 0.172. The van der Waals surface area contributed by atoms with Gasteiger partial charge in [0, 0.05) is 5.56 Å². The van der Waals surface area contributed by atoms with Gasteiger partial charge in [-0.05, 0) is 90.0 Å². The minimum Gasteiger partial charge on any atom is -0.508 e. The van der Waals surface area contributed by atoms with Crippen LogP contribution in [0.3, 0.4) is 0 Å². The molecule has 0 aliphatic heterocycles. The van der Waals surface area contributed by atoms with Crippen LogP contribution in [0.25, 0.3) is 0 Å². The Morgan fingerprint density at radius 3 is 2.51 bits per heavy atom. The molecular weight excluding hydrogens is 444 g/mol. The fraction of sp³-hybridized carbons (Fsp3) is 0.552. The second kappa shape index (κ2) is 14.7. The summed E-state index contributed by atoms with van der Waals surface area (Å²) < 4.78 is 11.0. The molecule has 0 aliphatic rings. The summed E-state index contributed by atoms with van der Waals surface area (Å²) in [5, 5.41) is 30.2. The van der Waals surface area contributed by atoms with Gasteiger partial charge in [-0.2, -0.15) is 0 Å². The normalized spacial score (nSPS) is 15.9. The first-order chi connectivity index (χ1) is 16.4. The van der Waals surface area contributed by atoms with Gasteiger partial charge in [-0.25, -0.2) is 0 Å². The van der Waals surface area contributed by atoms with Gasteiger partial charge < -0.3 is 24.8 Å². The van der Waals surface area contributed by atoms with Gasteiger partial charge in [0.2, 0.25) is 0 Å². The molecule has 6 nitrogen and oxygen atoms in total. The molecule has 3 N–H and O–H groups in total. The lowest BCUT2D eigenvalue weighted by molar-refractivity contribution is -0.139. The maximum atomic E-state index is 11.8. The fourth-order valence-electron chi connectivity index (χ4n) is 3.83. The minimum absolute atomic E-state index is 0.00491. The number of phenols is 1. The number of aromatic hydroxyl groups is 1. The molecule has 0 bridgehead atoms. The second-order valence-corrected chi connectivity index (χ2v) is 9.85. The number of hydrogen-bond donors (Lipinski definition) is 3. The van der Waals surface area contributed by atoms with Crippen molar-refractivity contribution in [2.24, 2.45) is 5.92 Å². The topological polar surface area (TPSA) is 96.2 Å². The van der Waals surface area contributed by atoms with Gasteiger partial charge in [-0.15, -0.1) is 0 Å². The van der Waals surface area contributed by atoms with E-state index in [4.69, 9.17) is 9.47 Å². The average molecular weight is 489 g/mol. The van der Waals surface area contributed by atoms with Crippen molar-refractivity contribution in [2.75, 3.05) is 7.11 Å². The van der Waals surface area contributed by atoms with Crippen LogP contribution in [0.4, 0.5) is 0 Å². The van der Waals surface area contributed by atoms with E-state index in [2.05, 4.69) is 19.6 Å². The van der Waals surface area contributed by atoms with Crippen molar-refractivity contribution in [2.45, 2.75) is 91.0 Å². The van der Waals surface area contributed by atoms with Crippen LogP contribution in [0.15, 0.2) is 54.2 Å². The highest BCUT2D eigenvalue weighted by molar-refractivity contribution is 5.73. The first kappa shape index (κ1) is 30.5. The summed E-state index contributed by atoms with van der Waals surface area (Å²) in [5.41, 5.74) is 2.16. The zero-order valence-electron chi connectivity index (χ0n) is 22.2. The Morgan fingerprint density at radius 2 is 1.91 bits per heavy atom. The molecule has 1 rings (SSSR count). The molecule has 0 fully saturated rings. The third kappa shape index (κ3) is 11.1. The number of methoxy groups -OCH3 is 1. The summed E-state index contributed by atoms with van der Waals surface area (Å²) >= 11 is 0. The number of carbonyl (C=O) groups is 1. The van der Waals surface area contributed by atoms with Gasteiger partial charge in [0.15, 0.2) is 0 Å². The molecule has 196 valence electrons. The lowest BCUT2D eigenvalue weighted by atomic mass is 9.92. The molecule has 0 amide bonds. The number of hydrogen-bond acceptors (Lipinski definition) is 6. The Kier molecular flexibility index (Phi) is 12.8. The number of aliphatic hydroxyl groups is 2. The van der Waals surface area contributed by atoms with Crippen LogP contribution in [0.5, 0.6) is 11.5 Å². The lowest BCUT2D eigenvalue weighted by Crippen LogP contribution is -2.30. The van der Waals surface area contributed by atoms with E-state index in [0.717, 1.165) is 31.3 Å². The largest absolute Gasteiger partial charge is 0.508 e. The third-order valence-electron chi connectivity index (χ3n) is 6.18. The van der Waals surface area contributed by atoms with Crippen molar-refractivity contribution in [1.82, 2.24) is 0 Å². The van der Waals surface area contributed by atoms with Gasteiger partial charge in [0.25, 0.3) is 0 Å². The molecule has 0 unspecified atom stereocenters. The van der Waals surface area contributed by atoms with E-state index in [1.54, 1.807) is 18.2 Å². The van der Waals surface area contributed by atoms with Crippen molar-refractivity contribution < 1.29 is 29.6 Å².